The van der Waals surface area contributed by atoms with Gasteiger partial charge in [-0.05, 0) is 52.0 Å². The third kappa shape index (κ3) is 4.73. The van der Waals surface area contributed by atoms with Gasteiger partial charge in [0.05, 0.1) is 17.1 Å². The maximum atomic E-state index is 14.3. The van der Waals surface area contributed by atoms with E-state index in [4.69, 9.17) is 5.84 Å². The lowest BCUT2D eigenvalue weighted by Gasteiger charge is -2.26. The van der Waals surface area contributed by atoms with Gasteiger partial charge in [-0.1, -0.05) is 23.8 Å². The summed E-state index contributed by atoms with van der Waals surface area (Å²) in [5.41, 5.74) is -4.97. The highest BCUT2D eigenvalue weighted by molar-refractivity contribution is 7.93. The zero-order valence-corrected chi connectivity index (χ0v) is 17.6. The zero-order chi connectivity index (χ0) is 22.9. The predicted octanol–water partition coefficient (Wildman–Crippen LogP) is 4.30. The number of nitrogens with two attached hydrogens (primary N) is 1. The van der Waals surface area contributed by atoms with Gasteiger partial charge in [0.1, 0.15) is 5.82 Å². The fourth-order valence-electron chi connectivity index (χ4n) is 2.67. The molecular weight excluding hydrogens is 424 g/mol. The molecular formula is C19H22F4N4O2S. The fraction of sp³-hybridized carbons (Fsp3) is 0.316. The van der Waals surface area contributed by atoms with Gasteiger partial charge in [0.15, 0.2) is 0 Å². The molecule has 0 atom stereocenters. The van der Waals surface area contributed by atoms with Gasteiger partial charge in [0, 0.05) is 11.6 Å². The van der Waals surface area contributed by atoms with Crippen LogP contribution in [0, 0.1) is 12.7 Å². The Hall–Kier alpha value is -2.66. The van der Waals surface area contributed by atoms with Crippen LogP contribution in [-0.2, 0) is 10.0 Å². The van der Waals surface area contributed by atoms with Crippen molar-refractivity contribution in [1.29, 1.82) is 0 Å². The molecule has 0 aliphatic heterocycles. The van der Waals surface area contributed by atoms with Crippen molar-refractivity contribution in [3.63, 3.8) is 0 Å². The SMILES string of the molecule is C/C(=N\N(c1ccccc1F)C(C)C)c1cc(C)ccc1N(N)S(=O)(=O)C(F)(F)F. The average molecular weight is 446 g/mol. The number of sulfonamides is 1. The Balaban J connectivity index is 2.63. The van der Waals surface area contributed by atoms with E-state index in [9.17, 15) is 26.0 Å². The average Bonchev–Trinajstić information content (AvgIpc) is 2.64. The van der Waals surface area contributed by atoms with Gasteiger partial charge in [-0.15, -0.1) is 0 Å². The molecule has 2 N–H and O–H groups in total. The summed E-state index contributed by atoms with van der Waals surface area (Å²) in [6.45, 7) is 6.66. The van der Waals surface area contributed by atoms with Crippen LogP contribution in [0.2, 0.25) is 0 Å². The number of hydrazine groups is 1. The Labute approximate surface area is 172 Å². The number of alkyl halides is 3. The van der Waals surface area contributed by atoms with Crippen molar-refractivity contribution >= 4 is 27.1 Å². The highest BCUT2D eigenvalue weighted by Crippen LogP contribution is 2.31. The van der Waals surface area contributed by atoms with Gasteiger partial charge in [-0.2, -0.15) is 31.1 Å². The fourth-order valence-corrected chi connectivity index (χ4v) is 3.31. The minimum atomic E-state index is -5.82. The first kappa shape index (κ1) is 23.6. The second-order valence-electron chi connectivity index (χ2n) is 6.84. The van der Waals surface area contributed by atoms with Crippen LogP contribution in [0.3, 0.4) is 0 Å². The van der Waals surface area contributed by atoms with E-state index in [2.05, 4.69) is 5.10 Å². The van der Waals surface area contributed by atoms with E-state index in [1.807, 2.05) is 0 Å². The summed E-state index contributed by atoms with van der Waals surface area (Å²) in [5.74, 6) is 4.84. The second kappa shape index (κ2) is 8.60. The molecule has 11 heteroatoms. The second-order valence-corrected chi connectivity index (χ2v) is 8.65. The van der Waals surface area contributed by atoms with Crippen LogP contribution in [0.5, 0.6) is 0 Å². The molecule has 0 heterocycles. The number of para-hydroxylation sites is 1. The number of nitrogens with zero attached hydrogens (tertiary/aromatic N) is 3. The lowest BCUT2D eigenvalue weighted by atomic mass is 10.1. The first-order chi connectivity index (χ1) is 13.8. The number of hydrazone groups is 1. The third-order valence-electron chi connectivity index (χ3n) is 4.18. The van der Waals surface area contributed by atoms with Gasteiger partial charge in [0.25, 0.3) is 0 Å². The quantitative estimate of drug-likeness (QED) is 0.311. The molecule has 0 aliphatic carbocycles. The Bertz CT molecular complexity index is 1050. The van der Waals surface area contributed by atoms with Crippen LogP contribution in [0.1, 0.15) is 31.9 Å². The van der Waals surface area contributed by atoms with E-state index in [-0.39, 0.29) is 27.4 Å². The maximum absolute atomic E-state index is 14.3. The molecule has 0 aliphatic rings. The standard InChI is InChI=1S/C19H22F4N4O2S/c1-12(2)26(18-8-6-5-7-16(18)20)25-14(4)15-11-13(3)9-10-17(15)27(24)30(28,29)19(21,22)23/h5-12H,24H2,1-4H3/b25-14+. The number of aryl methyl sites for hydroxylation is 1. The van der Waals surface area contributed by atoms with Gasteiger partial charge in [0.2, 0.25) is 0 Å². The van der Waals surface area contributed by atoms with Crippen LogP contribution in [0.25, 0.3) is 0 Å². The highest BCUT2D eigenvalue weighted by Gasteiger charge is 2.50. The Morgan fingerprint density at radius 2 is 1.70 bits per heavy atom. The summed E-state index contributed by atoms with van der Waals surface area (Å²) in [6.07, 6.45) is 0. The molecule has 0 saturated carbocycles. The molecule has 2 rings (SSSR count). The highest BCUT2D eigenvalue weighted by atomic mass is 32.2. The minimum Gasteiger partial charge on any atom is -0.260 e. The molecule has 0 saturated heterocycles. The van der Waals surface area contributed by atoms with Crippen molar-refractivity contribution < 1.29 is 26.0 Å². The van der Waals surface area contributed by atoms with E-state index in [0.29, 0.717) is 5.56 Å². The Kier molecular flexibility index (Phi) is 6.77. The smallest absolute Gasteiger partial charge is 0.260 e. The van der Waals surface area contributed by atoms with Crippen molar-refractivity contribution in [1.82, 2.24) is 0 Å². The number of anilines is 2. The van der Waals surface area contributed by atoms with E-state index in [1.54, 1.807) is 26.8 Å². The summed E-state index contributed by atoms with van der Waals surface area (Å²) >= 11 is 0. The van der Waals surface area contributed by atoms with Crippen LogP contribution in [0.15, 0.2) is 47.6 Å². The number of rotatable bonds is 6. The summed E-state index contributed by atoms with van der Waals surface area (Å²) in [4.78, 5) is 0. The van der Waals surface area contributed by atoms with Crippen LogP contribution in [-0.4, -0.2) is 25.7 Å². The molecule has 2 aromatic rings. The van der Waals surface area contributed by atoms with Gasteiger partial charge >= 0.3 is 15.5 Å². The molecule has 0 spiro atoms. The predicted molar refractivity (Wildman–Crippen MR) is 109 cm³/mol. The van der Waals surface area contributed by atoms with Crippen LogP contribution >= 0.6 is 0 Å². The van der Waals surface area contributed by atoms with Crippen molar-refractivity contribution in [2.45, 2.75) is 39.2 Å². The van der Waals surface area contributed by atoms with Crippen molar-refractivity contribution in [2.24, 2.45) is 10.9 Å². The van der Waals surface area contributed by atoms with Gasteiger partial charge in [-0.25, -0.2) is 10.2 Å². The Morgan fingerprint density at radius 3 is 2.23 bits per heavy atom. The number of hydrogen-bond donors (Lipinski definition) is 1. The summed E-state index contributed by atoms with van der Waals surface area (Å²) in [5, 5.41) is 5.71. The summed E-state index contributed by atoms with van der Waals surface area (Å²) in [6, 6.07) is 9.63. The van der Waals surface area contributed by atoms with E-state index in [0.717, 1.165) is 6.07 Å². The van der Waals surface area contributed by atoms with E-state index in [1.165, 1.54) is 42.3 Å². The lowest BCUT2D eigenvalue weighted by molar-refractivity contribution is -0.0438. The van der Waals surface area contributed by atoms with Crippen LogP contribution < -0.4 is 15.3 Å². The lowest BCUT2D eigenvalue weighted by Crippen LogP contribution is -2.46. The molecule has 6 nitrogen and oxygen atoms in total. The number of benzene rings is 2. The van der Waals surface area contributed by atoms with Crippen molar-refractivity contribution in [3.8, 4) is 0 Å². The normalized spacial score (nSPS) is 12.9. The molecule has 0 amide bonds. The van der Waals surface area contributed by atoms with E-state index < -0.39 is 27.0 Å². The monoisotopic (exact) mass is 446 g/mol. The first-order valence-electron chi connectivity index (χ1n) is 8.83. The van der Waals surface area contributed by atoms with E-state index >= 15 is 0 Å². The van der Waals surface area contributed by atoms with Gasteiger partial charge in [-0.3, -0.25) is 5.01 Å². The maximum Gasteiger partial charge on any atom is 0.518 e. The number of hydrogen-bond acceptors (Lipinski definition) is 5. The molecule has 2 aromatic carbocycles. The van der Waals surface area contributed by atoms with Crippen molar-refractivity contribution in [3.05, 3.63) is 59.4 Å². The molecule has 164 valence electrons. The zero-order valence-electron chi connectivity index (χ0n) is 16.8. The van der Waals surface area contributed by atoms with Crippen molar-refractivity contribution in [2.75, 3.05) is 9.42 Å². The molecule has 0 aromatic heterocycles. The molecule has 0 bridgehead atoms. The molecule has 0 unspecified atom stereocenters. The van der Waals surface area contributed by atoms with Crippen LogP contribution in [0.4, 0.5) is 28.9 Å². The molecule has 0 fully saturated rings. The number of halogens is 4. The molecule has 30 heavy (non-hydrogen) atoms. The molecule has 0 radical (unpaired) electrons. The summed E-state index contributed by atoms with van der Waals surface area (Å²) < 4.78 is 76.4. The Morgan fingerprint density at radius 1 is 1.10 bits per heavy atom. The first-order valence-corrected chi connectivity index (χ1v) is 10.3. The third-order valence-corrected chi connectivity index (χ3v) is 5.48. The topological polar surface area (TPSA) is 79.0 Å². The van der Waals surface area contributed by atoms with Gasteiger partial charge < -0.3 is 0 Å². The largest absolute Gasteiger partial charge is 0.518 e. The summed E-state index contributed by atoms with van der Waals surface area (Å²) in [7, 11) is -5.82. The minimum absolute atomic E-state index is 0.0623.